The maximum absolute atomic E-state index is 12.1. The molecule has 23 heavy (non-hydrogen) atoms. The number of carbonyl (C=O) groups is 4. The minimum atomic E-state index is -0.325. The Balaban J connectivity index is 1.79. The van der Waals surface area contributed by atoms with Crippen molar-refractivity contribution in [3.63, 3.8) is 0 Å². The summed E-state index contributed by atoms with van der Waals surface area (Å²) in [5.74, 6) is -1.13. The predicted molar refractivity (Wildman–Crippen MR) is 82.7 cm³/mol. The van der Waals surface area contributed by atoms with Crippen molar-refractivity contribution in [3.8, 4) is 0 Å². The smallest absolute Gasteiger partial charge is 0.261 e. The molecule has 0 saturated heterocycles. The molecule has 1 aliphatic rings. The van der Waals surface area contributed by atoms with E-state index in [-0.39, 0.29) is 43.1 Å². The molecule has 7 nitrogen and oxygen atoms in total. The summed E-state index contributed by atoms with van der Waals surface area (Å²) in [4.78, 5) is 49.8. The summed E-state index contributed by atoms with van der Waals surface area (Å²) < 4.78 is 0. The van der Waals surface area contributed by atoms with Crippen LogP contribution < -0.4 is 5.32 Å². The molecule has 7 heteroatoms. The van der Waals surface area contributed by atoms with Gasteiger partial charge in [-0.1, -0.05) is 12.1 Å². The number of nitrogens with zero attached hydrogens (tertiary/aromatic N) is 2. The number of carbonyl (C=O) groups excluding carboxylic acids is 4. The van der Waals surface area contributed by atoms with Crippen LogP contribution in [-0.2, 0) is 9.59 Å². The van der Waals surface area contributed by atoms with Crippen molar-refractivity contribution in [2.24, 2.45) is 0 Å². The van der Waals surface area contributed by atoms with Crippen molar-refractivity contribution in [1.82, 2.24) is 15.1 Å². The van der Waals surface area contributed by atoms with Crippen LogP contribution >= 0.6 is 0 Å². The van der Waals surface area contributed by atoms with Gasteiger partial charge in [0, 0.05) is 27.1 Å². The van der Waals surface area contributed by atoms with Gasteiger partial charge in [-0.3, -0.25) is 24.1 Å². The van der Waals surface area contributed by atoms with Crippen LogP contribution in [0.4, 0.5) is 0 Å². The van der Waals surface area contributed by atoms with E-state index in [0.717, 1.165) is 4.90 Å². The molecule has 1 aromatic rings. The molecule has 1 heterocycles. The maximum atomic E-state index is 12.1. The highest BCUT2D eigenvalue weighted by atomic mass is 16.2. The van der Waals surface area contributed by atoms with Gasteiger partial charge >= 0.3 is 0 Å². The van der Waals surface area contributed by atoms with Gasteiger partial charge < -0.3 is 10.2 Å². The number of benzene rings is 1. The highest BCUT2D eigenvalue weighted by molar-refractivity contribution is 6.21. The van der Waals surface area contributed by atoms with E-state index in [2.05, 4.69) is 5.32 Å². The van der Waals surface area contributed by atoms with Crippen molar-refractivity contribution >= 4 is 23.6 Å². The van der Waals surface area contributed by atoms with Gasteiger partial charge in [-0.2, -0.15) is 0 Å². The number of likely N-dealkylation sites (N-methyl/N-ethyl adjacent to an activating group) is 1. The van der Waals surface area contributed by atoms with E-state index in [1.807, 2.05) is 0 Å². The second kappa shape index (κ2) is 7.04. The van der Waals surface area contributed by atoms with Crippen LogP contribution in [0.5, 0.6) is 0 Å². The van der Waals surface area contributed by atoms with Gasteiger partial charge in [-0.15, -0.1) is 0 Å². The lowest BCUT2D eigenvalue weighted by atomic mass is 10.1. The third-order valence-corrected chi connectivity index (χ3v) is 3.60. The first-order valence-corrected chi connectivity index (χ1v) is 7.34. The molecule has 0 fully saturated rings. The number of amides is 4. The van der Waals surface area contributed by atoms with Gasteiger partial charge in [0.15, 0.2) is 0 Å². The quantitative estimate of drug-likeness (QED) is 0.763. The first kappa shape index (κ1) is 16.7. The summed E-state index contributed by atoms with van der Waals surface area (Å²) in [7, 11) is 3.22. The summed E-state index contributed by atoms with van der Waals surface area (Å²) >= 11 is 0. The molecule has 0 unspecified atom stereocenters. The van der Waals surface area contributed by atoms with Gasteiger partial charge in [0.2, 0.25) is 11.8 Å². The average molecular weight is 317 g/mol. The minimum Gasteiger partial charge on any atom is -0.347 e. The normalized spacial score (nSPS) is 13.0. The number of imide groups is 1. The number of hydrogen-bond donors (Lipinski definition) is 1. The Morgan fingerprint density at radius 2 is 1.65 bits per heavy atom. The molecular formula is C16H19N3O4. The van der Waals surface area contributed by atoms with Crippen molar-refractivity contribution in [3.05, 3.63) is 35.4 Å². The maximum Gasteiger partial charge on any atom is 0.261 e. The SMILES string of the molecule is CN(C)C(=O)CNC(=O)CCCN1C(=O)c2ccccc2C1=O. The third kappa shape index (κ3) is 3.74. The largest absolute Gasteiger partial charge is 0.347 e. The van der Waals surface area contributed by atoms with E-state index < -0.39 is 0 Å². The Kier molecular flexibility index (Phi) is 5.10. The molecule has 2 rings (SSSR count). The molecule has 0 radical (unpaired) electrons. The number of hydrogen-bond acceptors (Lipinski definition) is 4. The summed E-state index contributed by atoms with van der Waals surface area (Å²) in [6.07, 6.45) is 0.502. The summed E-state index contributed by atoms with van der Waals surface area (Å²) in [6.45, 7) is 0.125. The zero-order chi connectivity index (χ0) is 17.0. The number of rotatable bonds is 6. The lowest BCUT2D eigenvalue weighted by molar-refractivity contribution is -0.130. The van der Waals surface area contributed by atoms with E-state index in [0.29, 0.717) is 17.5 Å². The highest BCUT2D eigenvalue weighted by Gasteiger charge is 2.34. The molecule has 0 bridgehead atoms. The topological polar surface area (TPSA) is 86.8 Å². The van der Waals surface area contributed by atoms with Gasteiger partial charge in [-0.05, 0) is 18.6 Å². The van der Waals surface area contributed by atoms with E-state index in [1.54, 1.807) is 38.4 Å². The van der Waals surface area contributed by atoms with Crippen LogP contribution in [0.1, 0.15) is 33.6 Å². The van der Waals surface area contributed by atoms with Crippen molar-refractivity contribution in [2.45, 2.75) is 12.8 Å². The molecule has 0 aromatic heterocycles. The fraction of sp³-hybridized carbons (Fsp3) is 0.375. The fourth-order valence-corrected chi connectivity index (χ4v) is 2.26. The molecule has 1 aromatic carbocycles. The monoisotopic (exact) mass is 317 g/mol. The van der Waals surface area contributed by atoms with Crippen molar-refractivity contribution in [1.29, 1.82) is 0 Å². The Hall–Kier alpha value is -2.70. The van der Waals surface area contributed by atoms with Gasteiger partial charge in [0.25, 0.3) is 11.8 Å². The first-order valence-electron chi connectivity index (χ1n) is 7.34. The van der Waals surface area contributed by atoms with Gasteiger partial charge in [0.05, 0.1) is 17.7 Å². The molecule has 0 aliphatic carbocycles. The van der Waals surface area contributed by atoms with E-state index in [9.17, 15) is 19.2 Å². The average Bonchev–Trinajstić information content (AvgIpc) is 2.77. The highest BCUT2D eigenvalue weighted by Crippen LogP contribution is 2.22. The molecule has 0 saturated carbocycles. The molecule has 0 spiro atoms. The molecule has 0 atom stereocenters. The summed E-state index contributed by atoms with van der Waals surface area (Å²) in [5, 5.41) is 2.51. The molecule has 122 valence electrons. The Morgan fingerprint density at radius 1 is 1.09 bits per heavy atom. The van der Waals surface area contributed by atoms with Crippen LogP contribution in [-0.4, -0.2) is 60.6 Å². The van der Waals surface area contributed by atoms with Crippen LogP contribution in [0.2, 0.25) is 0 Å². The van der Waals surface area contributed by atoms with E-state index >= 15 is 0 Å². The van der Waals surface area contributed by atoms with Gasteiger partial charge in [-0.25, -0.2) is 0 Å². The minimum absolute atomic E-state index is 0.0567. The van der Waals surface area contributed by atoms with Crippen molar-refractivity contribution < 1.29 is 19.2 Å². The van der Waals surface area contributed by atoms with Gasteiger partial charge in [0.1, 0.15) is 0 Å². The Labute approximate surface area is 134 Å². The predicted octanol–water partition coefficient (Wildman–Crippen LogP) is 0.267. The van der Waals surface area contributed by atoms with Crippen LogP contribution in [0.3, 0.4) is 0 Å². The standard InChI is InChI=1S/C16H19N3O4/c1-18(2)14(21)10-17-13(20)8-5-9-19-15(22)11-6-3-4-7-12(11)16(19)23/h3-4,6-7H,5,8-10H2,1-2H3,(H,17,20). The third-order valence-electron chi connectivity index (χ3n) is 3.60. The van der Waals surface area contributed by atoms with E-state index in [1.165, 1.54) is 4.90 Å². The van der Waals surface area contributed by atoms with Crippen molar-refractivity contribution in [2.75, 3.05) is 27.2 Å². The summed E-state index contributed by atoms with van der Waals surface area (Å²) in [6, 6.07) is 6.66. The molecule has 1 N–H and O–H groups in total. The molecular weight excluding hydrogens is 298 g/mol. The summed E-state index contributed by atoms with van der Waals surface area (Å²) in [5.41, 5.74) is 0.803. The number of fused-ring (bicyclic) bond motifs is 1. The zero-order valence-corrected chi connectivity index (χ0v) is 13.2. The van der Waals surface area contributed by atoms with E-state index in [4.69, 9.17) is 0 Å². The Morgan fingerprint density at radius 3 is 2.17 bits per heavy atom. The second-order valence-corrected chi connectivity index (χ2v) is 5.48. The van der Waals surface area contributed by atoms with Crippen LogP contribution in [0.25, 0.3) is 0 Å². The first-order chi connectivity index (χ1) is 10.9. The number of nitrogens with one attached hydrogen (secondary N) is 1. The van der Waals surface area contributed by atoms with Crippen LogP contribution in [0.15, 0.2) is 24.3 Å². The molecule has 4 amide bonds. The lowest BCUT2D eigenvalue weighted by Crippen LogP contribution is -2.36. The second-order valence-electron chi connectivity index (χ2n) is 5.48. The zero-order valence-electron chi connectivity index (χ0n) is 13.2. The van der Waals surface area contributed by atoms with Crippen LogP contribution in [0, 0.1) is 0 Å². The Bertz CT molecular complexity index is 619. The lowest BCUT2D eigenvalue weighted by Gasteiger charge is -2.14. The fourth-order valence-electron chi connectivity index (χ4n) is 2.26. The molecule has 1 aliphatic heterocycles.